The monoisotopic (exact) mass is 376 g/mol. The predicted molar refractivity (Wildman–Crippen MR) is 97.3 cm³/mol. The highest BCUT2D eigenvalue weighted by Gasteiger charge is 2.33. The van der Waals surface area contributed by atoms with Gasteiger partial charge < -0.3 is 14.5 Å². The van der Waals surface area contributed by atoms with Crippen LogP contribution in [0.2, 0.25) is 5.02 Å². The van der Waals surface area contributed by atoms with Gasteiger partial charge in [-0.15, -0.1) is 0 Å². The van der Waals surface area contributed by atoms with E-state index in [1.807, 2.05) is 6.92 Å². The maximum absolute atomic E-state index is 13.6. The molecule has 1 fully saturated rings. The molecule has 0 bridgehead atoms. The summed E-state index contributed by atoms with van der Waals surface area (Å²) in [5.74, 6) is -0.548. The number of rotatable bonds is 3. The van der Waals surface area contributed by atoms with Crippen molar-refractivity contribution in [3.05, 3.63) is 58.9 Å². The number of hydrogen-bond donors (Lipinski definition) is 0. The quantitative estimate of drug-likeness (QED) is 0.825. The van der Waals surface area contributed by atoms with Gasteiger partial charge in [-0.2, -0.15) is 0 Å². The van der Waals surface area contributed by atoms with Crippen molar-refractivity contribution in [3.8, 4) is 5.75 Å². The van der Waals surface area contributed by atoms with Crippen molar-refractivity contribution < 1.29 is 18.7 Å². The van der Waals surface area contributed by atoms with Crippen molar-refractivity contribution in [2.75, 3.05) is 25.1 Å². The molecule has 26 heavy (non-hydrogen) atoms. The summed E-state index contributed by atoms with van der Waals surface area (Å²) in [5.41, 5.74) is 0.914. The smallest absolute Gasteiger partial charge is 0.254 e. The molecule has 0 unspecified atom stereocenters. The van der Waals surface area contributed by atoms with Crippen molar-refractivity contribution in [2.24, 2.45) is 0 Å². The zero-order valence-electron chi connectivity index (χ0n) is 14.4. The fraction of sp³-hybridized carbons (Fsp3) is 0.263. The number of piperazine rings is 1. The van der Waals surface area contributed by atoms with Crippen molar-refractivity contribution in [2.45, 2.75) is 13.0 Å². The van der Waals surface area contributed by atoms with Gasteiger partial charge >= 0.3 is 0 Å². The normalized spacial score (nSPS) is 17.4. The largest absolute Gasteiger partial charge is 0.497 e. The van der Waals surface area contributed by atoms with E-state index in [1.165, 1.54) is 17.0 Å². The molecule has 2 aromatic carbocycles. The number of halogens is 2. The van der Waals surface area contributed by atoms with Gasteiger partial charge in [-0.05, 0) is 49.4 Å². The summed E-state index contributed by atoms with van der Waals surface area (Å²) < 4.78 is 18.8. The maximum atomic E-state index is 13.6. The molecular weight excluding hydrogens is 359 g/mol. The van der Waals surface area contributed by atoms with Gasteiger partial charge in [0, 0.05) is 23.8 Å². The minimum absolute atomic E-state index is 0.0463. The van der Waals surface area contributed by atoms with Crippen molar-refractivity contribution in [1.82, 2.24) is 4.90 Å². The first-order valence-electron chi connectivity index (χ1n) is 8.11. The molecule has 0 spiro atoms. The number of ether oxygens (including phenoxy) is 1. The van der Waals surface area contributed by atoms with E-state index in [0.29, 0.717) is 12.3 Å². The van der Waals surface area contributed by atoms with Gasteiger partial charge in [-0.3, -0.25) is 9.59 Å². The molecule has 7 heteroatoms. The zero-order chi connectivity index (χ0) is 18.8. The van der Waals surface area contributed by atoms with Gasteiger partial charge in [0.05, 0.1) is 12.1 Å². The van der Waals surface area contributed by atoms with Crippen LogP contribution in [0.1, 0.15) is 17.3 Å². The van der Waals surface area contributed by atoms with E-state index in [9.17, 15) is 14.0 Å². The second kappa shape index (κ2) is 7.33. The van der Waals surface area contributed by atoms with Crippen molar-refractivity contribution in [3.63, 3.8) is 0 Å². The van der Waals surface area contributed by atoms with Gasteiger partial charge in [0.15, 0.2) is 0 Å². The summed E-state index contributed by atoms with van der Waals surface area (Å²) in [5, 5.41) is -0.0463. The van der Waals surface area contributed by atoms with Gasteiger partial charge in [-0.1, -0.05) is 11.6 Å². The first-order chi connectivity index (χ1) is 12.4. The number of hydrogen-bond acceptors (Lipinski definition) is 3. The van der Waals surface area contributed by atoms with E-state index in [0.717, 1.165) is 11.8 Å². The Labute approximate surface area is 155 Å². The van der Waals surface area contributed by atoms with E-state index in [2.05, 4.69) is 0 Å². The first-order valence-corrected chi connectivity index (χ1v) is 8.49. The van der Waals surface area contributed by atoms with Gasteiger partial charge in [0.2, 0.25) is 5.91 Å². The Kier molecular flexibility index (Phi) is 5.13. The fourth-order valence-electron chi connectivity index (χ4n) is 2.93. The number of anilines is 1. The molecule has 1 aliphatic heterocycles. The van der Waals surface area contributed by atoms with Crippen LogP contribution in [0.15, 0.2) is 42.5 Å². The predicted octanol–water partition coefficient (Wildman–Crippen LogP) is 3.37. The molecule has 0 aromatic heterocycles. The lowest BCUT2D eigenvalue weighted by atomic mass is 10.1. The van der Waals surface area contributed by atoms with Gasteiger partial charge in [0.1, 0.15) is 18.1 Å². The number of carbonyl (C=O) groups is 2. The lowest BCUT2D eigenvalue weighted by Gasteiger charge is -2.39. The second-order valence-corrected chi connectivity index (χ2v) is 6.52. The third kappa shape index (κ3) is 3.51. The highest BCUT2D eigenvalue weighted by molar-refractivity contribution is 6.30. The van der Waals surface area contributed by atoms with Crippen molar-refractivity contribution >= 4 is 29.1 Å². The Balaban J connectivity index is 1.78. The van der Waals surface area contributed by atoms with E-state index in [1.54, 1.807) is 36.3 Å². The summed E-state index contributed by atoms with van der Waals surface area (Å²) in [6.45, 7) is 2.14. The molecule has 1 aliphatic rings. The number of carbonyl (C=O) groups excluding carboxylic acids is 2. The molecule has 1 heterocycles. The number of nitrogens with zero attached hydrogens (tertiary/aromatic N) is 2. The van der Waals surface area contributed by atoms with E-state index in [4.69, 9.17) is 16.3 Å². The number of methoxy groups -OCH3 is 1. The summed E-state index contributed by atoms with van der Waals surface area (Å²) in [6, 6.07) is 10.8. The number of amides is 2. The summed E-state index contributed by atoms with van der Waals surface area (Å²) in [7, 11) is 1.58. The summed E-state index contributed by atoms with van der Waals surface area (Å²) >= 11 is 5.66. The first kappa shape index (κ1) is 18.2. The Morgan fingerprint density at radius 2 is 1.92 bits per heavy atom. The lowest BCUT2D eigenvalue weighted by molar-refractivity contribution is -0.121. The zero-order valence-corrected chi connectivity index (χ0v) is 15.2. The molecule has 0 aliphatic carbocycles. The van der Waals surface area contributed by atoms with Crippen LogP contribution in [-0.2, 0) is 4.79 Å². The molecule has 0 saturated carbocycles. The summed E-state index contributed by atoms with van der Waals surface area (Å²) in [6.07, 6.45) is 0. The Hall–Kier alpha value is -2.60. The number of benzene rings is 2. The topological polar surface area (TPSA) is 49.9 Å². The second-order valence-electron chi connectivity index (χ2n) is 6.11. The minimum atomic E-state index is -0.659. The van der Waals surface area contributed by atoms with Crippen LogP contribution >= 0.6 is 11.6 Å². The lowest BCUT2D eigenvalue weighted by Crippen LogP contribution is -2.57. The third-order valence-corrected chi connectivity index (χ3v) is 4.70. The average Bonchev–Trinajstić information content (AvgIpc) is 2.65. The van der Waals surface area contributed by atoms with E-state index in [-0.39, 0.29) is 29.1 Å². The van der Waals surface area contributed by atoms with Crippen LogP contribution in [0.4, 0.5) is 10.1 Å². The molecular formula is C19H18ClFN2O3. The molecule has 1 saturated heterocycles. The highest BCUT2D eigenvalue weighted by Crippen LogP contribution is 2.24. The maximum Gasteiger partial charge on any atom is 0.254 e. The van der Waals surface area contributed by atoms with Crippen LogP contribution in [-0.4, -0.2) is 43.0 Å². The SMILES string of the molecule is COc1ccc(N2C[C@H](C)N(C(=O)c3ccc(Cl)c(F)c3)CC2=O)cc1. The molecule has 0 N–H and O–H groups in total. The molecule has 136 valence electrons. The van der Waals surface area contributed by atoms with Gasteiger partial charge in [0.25, 0.3) is 5.91 Å². The molecule has 2 amide bonds. The van der Waals surface area contributed by atoms with Gasteiger partial charge in [-0.25, -0.2) is 4.39 Å². The minimum Gasteiger partial charge on any atom is -0.497 e. The average molecular weight is 377 g/mol. The van der Waals surface area contributed by atoms with Crippen LogP contribution in [0, 0.1) is 5.82 Å². The van der Waals surface area contributed by atoms with Crippen LogP contribution in [0.3, 0.4) is 0 Å². The van der Waals surface area contributed by atoms with Crippen molar-refractivity contribution in [1.29, 1.82) is 0 Å². The van der Waals surface area contributed by atoms with Crippen LogP contribution in [0.25, 0.3) is 0 Å². The highest BCUT2D eigenvalue weighted by atomic mass is 35.5. The van der Waals surface area contributed by atoms with Crippen LogP contribution < -0.4 is 9.64 Å². The molecule has 3 rings (SSSR count). The molecule has 5 nitrogen and oxygen atoms in total. The fourth-order valence-corrected chi connectivity index (χ4v) is 3.05. The molecule has 0 radical (unpaired) electrons. The van der Waals surface area contributed by atoms with Crippen LogP contribution in [0.5, 0.6) is 5.75 Å². The molecule has 2 aromatic rings. The molecule has 1 atom stereocenters. The standard InChI is InChI=1S/C19H18ClFN2O3/c1-12-10-23(14-4-6-15(26-2)7-5-14)18(24)11-22(12)19(25)13-3-8-16(20)17(21)9-13/h3-9,12H,10-11H2,1-2H3/t12-/m0/s1. The van der Waals surface area contributed by atoms with E-state index >= 15 is 0 Å². The van der Waals surface area contributed by atoms with E-state index < -0.39 is 11.7 Å². The summed E-state index contributed by atoms with van der Waals surface area (Å²) in [4.78, 5) is 28.3. The Morgan fingerprint density at radius 1 is 1.23 bits per heavy atom. The Morgan fingerprint density at radius 3 is 2.54 bits per heavy atom. The third-order valence-electron chi connectivity index (χ3n) is 4.40. The Bertz CT molecular complexity index is 841.